The smallest absolute Gasteiger partial charge is 0.251 e. The monoisotopic (exact) mass is 361 g/mol. The Labute approximate surface area is 157 Å². The maximum absolute atomic E-state index is 12.6. The van der Waals surface area contributed by atoms with E-state index >= 15 is 0 Å². The summed E-state index contributed by atoms with van der Waals surface area (Å²) in [6, 6.07) is 11.7. The number of pyridine rings is 1. The van der Waals surface area contributed by atoms with Crippen LogP contribution < -0.4 is 5.32 Å². The number of benzene rings is 1. The van der Waals surface area contributed by atoms with E-state index in [0.29, 0.717) is 18.5 Å². The van der Waals surface area contributed by atoms with E-state index in [2.05, 4.69) is 40.9 Å². The largest absolute Gasteiger partial charge is 0.352 e. The summed E-state index contributed by atoms with van der Waals surface area (Å²) in [6.07, 6.45) is 2.56. The van der Waals surface area contributed by atoms with Crippen molar-refractivity contribution < 1.29 is 4.79 Å². The number of carbonyl (C=O) groups is 1. The molecule has 0 aliphatic carbocycles. The van der Waals surface area contributed by atoms with Crippen LogP contribution in [0, 0.1) is 13.8 Å². The average Bonchev–Trinajstić information content (AvgIpc) is 3.21. The van der Waals surface area contributed by atoms with Gasteiger partial charge in [-0.15, -0.1) is 10.2 Å². The average molecular weight is 361 g/mol. The van der Waals surface area contributed by atoms with Crippen LogP contribution >= 0.6 is 0 Å². The van der Waals surface area contributed by atoms with Crippen molar-refractivity contribution >= 4 is 22.5 Å². The van der Waals surface area contributed by atoms with Gasteiger partial charge >= 0.3 is 0 Å². The van der Waals surface area contributed by atoms with Crippen molar-refractivity contribution in [1.82, 2.24) is 24.5 Å². The van der Waals surface area contributed by atoms with Crippen LogP contribution in [0.5, 0.6) is 0 Å². The summed E-state index contributed by atoms with van der Waals surface area (Å²) < 4.78 is 4.22. The molecule has 4 rings (SSSR count). The molecule has 0 fully saturated rings. The van der Waals surface area contributed by atoms with Gasteiger partial charge in [-0.3, -0.25) is 9.20 Å². The number of hydrogen-bond acceptors (Lipinski definition) is 3. The van der Waals surface area contributed by atoms with Crippen LogP contribution in [-0.4, -0.2) is 31.6 Å². The third-order valence-electron chi connectivity index (χ3n) is 5.24. The number of carbonyl (C=O) groups excluding carboxylic acids is 1. The number of nitrogens with one attached hydrogen (secondary N) is 1. The molecule has 1 aromatic carbocycles. The van der Waals surface area contributed by atoms with E-state index in [1.165, 1.54) is 16.8 Å². The van der Waals surface area contributed by atoms with Gasteiger partial charge in [0.2, 0.25) is 0 Å². The normalized spacial score (nSPS) is 11.4. The fraction of sp³-hybridized carbons (Fsp3) is 0.286. The second-order valence-corrected chi connectivity index (χ2v) is 6.74. The molecule has 6 heteroatoms. The van der Waals surface area contributed by atoms with Crippen LogP contribution in [-0.2, 0) is 13.0 Å². The van der Waals surface area contributed by atoms with Gasteiger partial charge in [-0.1, -0.05) is 6.07 Å². The maximum atomic E-state index is 12.6. The molecule has 0 bridgehead atoms. The minimum absolute atomic E-state index is 0.0629. The van der Waals surface area contributed by atoms with Crippen molar-refractivity contribution in [2.45, 2.75) is 33.7 Å². The molecule has 6 nitrogen and oxygen atoms in total. The molecule has 3 aromatic heterocycles. The van der Waals surface area contributed by atoms with Crippen molar-refractivity contribution in [3.05, 3.63) is 65.2 Å². The lowest BCUT2D eigenvalue weighted by Crippen LogP contribution is -2.26. The SMILES string of the molecule is CCn1c(C)c(C)c2cc(C(=O)NCCc3nnc4ccccn34)ccc21. The summed E-state index contributed by atoms with van der Waals surface area (Å²) in [5.74, 6) is 0.778. The minimum Gasteiger partial charge on any atom is -0.352 e. The number of hydrogen-bond donors (Lipinski definition) is 1. The Morgan fingerprint density at radius 3 is 2.81 bits per heavy atom. The third-order valence-corrected chi connectivity index (χ3v) is 5.24. The first-order valence-electron chi connectivity index (χ1n) is 9.26. The zero-order valence-electron chi connectivity index (χ0n) is 15.9. The Bertz CT molecular complexity index is 1140. The second-order valence-electron chi connectivity index (χ2n) is 6.74. The van der Waals surface area contributed by atoms with Crippen molar-refractivity contribution in [2.24, 2.45) is 0 Å². The van der Waals surface area contributed by atoms with Gasteiger partial charge in [-0.05, 0) is 56.7 Å². The van der Waals surface area contributed by atoms with Crippen molar-refractivity contribution in [3.63, 3.8) is 0 Å². The highest BCUT2D eigenvalue weighted by molar-refractivity contribution is 5.99. The van der Waals surface area contributed by atoms with Gasteiger partial charge in [0.15, 0.2) is 5.65 Å². The Balaban J connectivity index is 1.49. The first-order valence-corrected chi connectivity index (χ1v) is 9.26. The van der Waals surface area contributed by atoms with Crippen LogP contribution in [0.1, 0.15) is 34.4 Å². The lowest BCUT2D eigenvalue weighted by Gasteiger charge is -2.06. The summed E-state index contributed by atoms with van der Waals surface area (Å²) >= 11 is 0. The van der Waals surface area contributed by atoms with Crippen LogP contribution in [0.2, 0.25) is 0 Å². The van der Waals surface area contributed by atoms with Gasteiger partial charge in [0.1, 0.15) is 5.82 Å². The molecule has 0 saturated heterocycles. The van der Waals surface area contributed by atoms with E-state index in [1.54, 1.807) is 0 Å². The van der Waals surface area contributed by atoms with E-state index in [-0.39, 0.29) is 5.91 Å². The Morgan fingerprint density at radius 1 is 1.15 bits per heavy atom. The first-order chi connectivity index (χ1) is 13.1. The summed E-state index contributed by atoms with van der Waals surface area (Å²) in [7, 11) is 0. The predicted molar refractivity (Wildman–Crippen MR) is 106 cm³/mol. The van der Waals surface area contributed by atoms with Crippen LogP contribution in [0.3, 0.4) is 0 Å². The van der Waals surface area contributed by atoms with Crippen LogP contribution in [0.4, 0.5) is 0 Å². The second kappa shape index (κ2) is 6.87. The molecule has 0 unspecified atom stereocenters. The standard InChI is InChI=1S/C21H23N5O/c1-4-25-15(3)14(2)17-13-16(8-9-18(17)25)21(27)22-11-10-20-24-23-19-7-5-6-12-26(19)20/h5-9,12-13H,4,10-11H2,1-3H3,(H,22,27). The van der Waals surface area contributed by atoms with Gasteiger partial charge in [0.05, 0.1) is 0 Å². The Kier molecular flexibility index (Phi) is 4.39. The molecule has 3 heterocycles. The van der Waals surface area contributed by atoms with Gasteiger partial charge in [0.25, 0.3) is 5.91 Å². The van der Waals surface area contributed by atoms with Crippen molar-refractivity contribution in [3.8, 4) is 0 Å². The highest BCUT2D eigenvalue weighted by atomic mass is 16.1. The van der Waals surface area contributed by atoms with E-state index < -0.39 is 0 Å². The maximum Gasteiger partial charge on any atom is 0.251 e. The summed E-state index contributed by atoms with van der Waals surface area (Å²) in [5, 5.41) is 12.5. The molecular weight excluding hydrogens is 338 g/mol. The van der Waals surface area contributed by atoms with Gasteiger partial charge in [-0.2, -0.15) is 0 Å². The molecule has 0 aliphatic rings. The van der Waals surface area contributed by atoms with Crippen LogP contribution in [0.15, 0.2) is 42.6 Å². The minimum atomic E-state index is -0.0629. The van der Waals surface area contributed by atoms with Crippen molar-refractivity contribution in [2.75, 3.05) is 6.54 Å². The number of rotatable bonds is 5. The Hall–Kier alpha value is -3.15. The lowest BCUT2D eigenvalue weighted by molar-refractivity contribution is 0.0954. The van der Waals surface area contributed by atoms with E-state index in [1.807, 2.05) is 47.0 Å². The highest BCUT2D eigenvalue weighted by Gasteiger charge is 2.13. The van der Waals surface area contributed by atoms with Gasteiger partial charge < -0.3 is 9.88 Å². The molecule has 138 valence electrons. The summed E-state index contributed by atoms with van der Waals surface area (Å²) in [6.45, 7) is 7.82. The topological polar surface area (TPSA) is 64.2 Å². The van der Waals surface area contributed by atoms with Gasteiger partial charge in [-0.25, -0.2) is 0 Å². The third kappa shape index (κ3) is 2.97. The first kappa shape index (κ1) is 17.3. The molecular formula is C21H23N5O. The van der Waals surface area contributed by atoms with Crippen molar-refractivity contribution in [1.29, 1.82) is 0 Å². The molecule has 1 amide bonds. The van der Waals surface area contributed by atoms with E-state index in [9.17, 15) is 4.79 Å². The number of amides is 1. The predicted octanol–water partition coefficient (Wildman–Crippen LogP) is 3.29. The molecule has 1 N–H and O–H groups in total. The summed E-state index contributed by atoms with van der Waals surface area (Å²) in [5.41, 5.74) is 5.17. The quantitative estimate of drug-likeness (QED) is 0.593. The molecule has 0 aliphatic heterocycles. The molecule has 0 saturated carbocycles. The van der Waals surface area contributed by atoms with Crippen LogP contribution in [0.25, 0.3) is 16.6 Å². The molecule has 0 spiro atoms. The number of fused-ring (bicyclic) bond motifs is 2. The molecule has 27 heavy (non-hydrogen) atoms. The molecule has 0 atom stereocenters. The fourth-order valence-electron chi connectivity index (χ4n) is 3.65. The highest BCUT2D eigenvalue weighted by Crippen LogP contribution is 2.26. The Morgan fingerprint density at radius 2 is 2.00 bits per heavy atom. The number of aryl methyl sites for hydroxylation is 2. The number of aromatic nitrogens is 4. The molecule has 0 radical (unpaired) electrons. The van der Waals surface area contributed by atoms with Gasteiger partial charge in [0, 0.05) is 47.9 Å². The number of nitrogens with zero attached hydrogens (tertiary/aromatic N) is 4. The zero-order chi connectivity index (χ0) is 19.0. The van der Waals surface area contributed by atoms with E-state index in [0.717, 1.165) is 23.4 Å². The zero-order valence-corrected chi connectivity index (χ0v) is 15.9. The lowest BCUT2D eigenvalue weighted by atomic mass is 10.1. The molecule has 4 aromatic rings. The summed E-state index contributed by atoms with van der Waals surface area (Å²) in [4.78, 5) is 12.6. The fourth-order valence-corrected chi connectivity index (χ4v) is 3.65. The van der Waals surface area contributed by atoms with E-state index in [4.69, 9.17) is 0 Å².